The molecule has 2 aliphatic heterocycles. The van der Waals surface area contributed by atoms with Crippen molar-refractivity contribution in [3.63, 3.8) is 0 Å². The third-order valence-electron chi connectivity index (χ3n) is 3.42. The standard InChI is InChI=1S/C10H15F3N2O2.ClH/c11-10(12,13)8(16)15-5-9(17,6-15)7-3-1-2-4-14-7;/h7,14,17H,1-6H2;1H. The molecule has 1 atom stereocenters. The summed E-state index contributed by atoms with van der Waals surface area (Å²) in [4.78, 5) is 11.5. The smallest absolute Gasteiger partial charge is 0.385 e. The summed E-state index contributed by atoms with van der Waals surface area (Å²) in [6.07, 6.45) is -2.14. The molecule has 0 aliphatic carbocycles. The van der Waals surface area contributed by atoms with Gasteiger partial charge in [0.2, 0.25) is 0 Å². The maximum Gasteiger partial charge on any atom is 0.471 e. The van der Waals surface area contributed by atoms with E-state index in [0.717, 1.165) is 25.8 Å². The number of amides is 1. The largest absolute Gasteiger partial charge is 0.471 e. The number of hydrogen-bond acceptors (Lipinski definition) is 3. The molecule has 0 aromatic heterocycles. The van der Waals surface area contributed by atoms with Gasteiger partial charge < -0.3 is 15.3 Å². The Morgan fingerprint density at radius 1 is 1.33 bits per heavy atom. The van der Waals surface area contributed by atoms with E-state index in [1.807, 2.05) is 0 Å². The van der Waals surface area contributed by atoms with Gasteiger partial charge in [0, 0.05) is 6.04 Å². The number of alkyl halides is 3. The Kier molecular flexibility index (Phi) is 4.51. The molecule has 8 heteroatoms. The minimum absolute atomic E-state index is 0. The fraction of sp³-hybridized carbons (Fsp3) is 0.900. The number of β-amino-alcohol motifs (C(OH)–C–C–N with tert-alkyl or cyclic N) is 1. The van der Waals surface area contributed by atoms with Gasteiger partial charge in [-0.25, -0.2) is 0 Å². The molecule has 18 heavy (non-hydrogen) atoms. The second-order valence-electron chi connectivity index (χ2n) is 4.77. The van der Waals surface area contributed by atoms with Crippen LogP contribution in [-0.2, 0) is 4.79 Å². The van der Waals surface area contributed by atoms with Crippen molar-refractivity contribution in [1.82, 2.24) is 10.2 Å². The lowest BCUT2D eigenvalue weighted by Crippen LogP contribution is -2.73. The molecule has 0 aromatic rings. The van der Waals surface area contributed by atoms with Gasteiger partial charge in [-0.05, 0) is 19.4 Å². The van der Waals surface area contributed by atoms with Gasteiger partial charge in [-0.2, -0.15) is 13.2 Å². The zero-order chi connectivity index (χ0) is 12.7. The van der Waals surface area contributed by atoms with Crippen LogP contribution in [0.1, 0.15) is 19.3 Å². The average molecular weight is 289 g/mol. The fourth-order valence-electron chi connectivity index (χ4n) is 2.47. The van der Waals surface area contributed by atoms with E-state index in [0.29, 0.717) is 4.90 Å². The first-order valence-electron chi connectivity index (χ1n) is 5.65. The quantitative estimate of drug-likeness (QED) is 0.746. The van der Waals surface area contributed by atoms with Crippen LogP contribution in [0.4, 0.5) is 13.2 Å². The molecule has 2 fully saturated rings. The fourth-order valence-corrected chi connectivity index (χ4v) is 2.47. The molecule has 0 saturated carbocycles. The molecule has 4 nitrogen and oxygen atoms in total. The second kappa shape index (κ2) is 5.22. The Morgan fingerprint density at radius 2 is 1.94 bits per heavy atom. The van der Waals surface area contributed by atoms with Gasteiger partial charge in [0.1, 0.15) is 5.60 Å². The van der Waals surface area contributed by atoms with Crippen molar-refractivity contribution in [3.05, 3.63) is 0 Å². The molecular weight excluding hydrogens is 273 g/mol. The second-order valence-corrected chi connectivity index (χ2v) is 4.77. The van der Waals surface area contributed by atoms with Crippen molar-refractivity contribution in [1.29, 1.82) is 0 Å². The van der Waals surface area contributed by atoms with E-state index in [4.69, 9.17) is 0 Å². The predicted molar refractivity (Wildman–Crippen MR) is 60.5 cm³/mol. The average Bonchev–Trinajstić information content (AvgIpc) is 2.24. The van der Waals surface area contributed by atoms with Gasteiger partial charge in [0.05, 0.1) is 13.1 Å². The topological polar surface area (TPSA) is 52.6 Å². The molecule has 106 valence electrons. The van der Waals surface area contributed by atoms with Crippen molar-refractivity contribution in [2.45, 2.75) is 37.1 Å². The number of rotatable bonds is 1. The van der Waals surface area contributed by atoms with Gasteiger partial charge in [0.25, 0.3) is 0 Å². The van der Waals surface area contributed by atoms with Crippen LogP contribution in [0, 0.1) is 0 Å². The third-order valence-corrected chi connectivity index (χ3v) is 3.42. The summed E-state index contributed by atoms with van der Waals surface area (Å²) in [6, 6.07) is -0.200. The molecule has 0 spiro atoms. The van der Waals surface area contributed by atoms with Crippen molar-refractivity contribution in [2.24, 2.45) is 0 Å². The Hall–Kier alpha value is -0.530. The van der Waals surface area contributed by atoms with Crippen molar-refractivity contribution >= 4 is 18.3 Å². The number of nitrogens with one attached hydrogen (secondary N) is 1. The van der Waals surface area contributed by atoms with Gasteiger partial charge >= 0.3 is 12.1 Å². The number of carbonyl (C=O) groups is 1. The van der Waals surface area contributed by atoms with E-state index >= 15 is 0 Å². The van der Waals surface area contributed by atoms with Crippen LogP contribution in [0.15, 0.2) is 0 Å². The van der Waals surface area contributed by atoms with Crippen LogP contribution in [0.5, 0.6) is 0 Å². The highest BCUT2D eigenvalue weighted by atomic mass is 35.5. The highest BCUT2D eigenvalue weighted by Gasteiger charge is 2.54. The Bertz CT molecular complexity index is 313. The summed E-state index contributed by atoms with van der Waals surface area (Å²) in [6.45, 7) is 0.298. The molecule has 0 bridgehead atoms. The number of nitrogens with zero attached hydrogens (tertiary/aromatic N) is 1. The van der Waals surface area contributed by atoms with E-state index < -0.39 is 17.7 Å². The first kappa shape index (κ1) is 15.5. The van der Waals surface area contributed by atoms with Gasteiger partial charge in [-0.3, -0.25) is 4.79 Å². The number of aliphatic hydroxyl groups is 1. The Labute approximate surface area is 109 Å². The van der Waals surface area contributed by atoms with E-state index in [-0.39, 0.29) is 31.5 Å². The number of carbonyl (C=O) groups excluding carboxylic acids is 1. The first-order chi connectivity index (χ1) is 7.83. The molecule has 1 amide bonds. The molecule has 0 aromatic carbocycles. The predicted octanol–water partition coefficient (Wildman–Crippen LogP) is 0.686. The number of hydrogen-bond donors (Lipinski definition) is 2. The van der Waals surface area contributed by atoms with Crippen molar-refractivity contribution in [3.8, 4) is 0 Å². The minimum atomic E-state index is -4.85. The summed E-state index contributed by atoms with van der Waals surface area (Å²) in [7, 11) is 0. The molecule has 0 radical (unpaired) electrons. The molecule has 2 heterocycles. The molecule has 2 N–H and O–H groups in total. The van der Waals surface area contributed by atoms with Gasteiger partial charge in [0.15, 0.2) is 0 Å². The van der Waals surface area contributed by atoms with E-state index in [9.17, 15) is 23.1 Å². The maximum absolute atomic E-state index is 12.1. The van der Waals surface area contributed by atoms with E-state index in [1.54, 1.807) is 0 Å². The van der Waals surface area contributed by atoms with Crippen molar-refractivity contribution < 1.29 is 23.1 Å². The summed E-state index contributed by atoms with van der Waals surface area (Å²) in [5.74, 6) is -1.86. The SMILES string of the molecule is Cl.O=C(N1CC(O)(C2CCCCN2)C1)C(F)(F)F. The lowest BCUT2D eigenvalue weighted by atomic mass is 9.81. The highest BCUT2D eigenvalue weighted by Crippen LogP contribution is 2.32. The van der Waals surface area contributed by atoms with Crippen LogP contribution in [0.2, 0.25) is 0 Å². The number of likely N-dealkylation sites (tertiary alicyclic amines) is 1. The van der Waals surface area contributed by atoms with Gasteiger partial charge in [-0.15, -0.1) is 12.4 Å². The molecule has 1 unspecified atom stereocenters. The summed E-state index contributed by atoms with van der Waals surface area (Å²) < 4.78 is 36.4. The Morgan fingerprint density at radius 3 is 2.39 bits per heavy atom. The maximum atomic E-state index is 12.1. The molecule has 2 rings (SSSR count). The van der Waals surface area contributed by atoms with E-state index in [2.05, 4.69) is 5.32 Å². The number of piperidine rings is 1. The number of halogens is 4. The zero-order valence-corrected chi connectivity index (χ0v) is 10.5. The lowest BCUT2D eigenvalue weighted by Gasteiger charge is -2.51. The molecule has 2 aliphatic rings. The summed E-state index contributed by atoms with van der Waals surface area (Å²) >= 11 is 0. The van der Waals surface area contributed by atoms with Crippen LogP contribution in [-0.4, -0.2) is 53.4 Å². The highest BCUT2D eigenvalue weighted by molar-refractivity contribution is 5.85. The van der Waals surface area contributed by atoms with Crippen LogP contribution >= 0.6 is 12.4 Å². The summed E-state index contributed by atoms with van der Waals surface area (Å²) in [5, 5.41) is 13.2. The lowest BCUT2D eigenvalue weighted by molar-refractivity contribution is -0.206. The molecular formula is C10H16ClF3N2O2. The third kappa shape index (κ3) is 2.89. The normalized spacial score (nSPS) is 27.1. The Balaban J connectivity index is 0.00000162. The van der Waals surface area contributed by atoms with Crippen LogP contribution < -0.4 is 5.32 Å². The minimum Gasteiger partial charge on any atom is -0.385 e. The van der Waals surface area contributed by atoms with Gasteiger partial charge in [-0.1, -0.05) is 6.42 Å². The first-order valence-corrected chi connectivity index (χ1v) is 5.65. The zero-order valence-electron chi connectivity index (χ0n) is 9.66. The van der Waals surface area contributed by atoms with E-state index in [1.165, 1.54) is 0 Å². The summed E-state index contributed by atoms with van der Waals surface area (Å²) in [5.41, 5.74) is -1.19. The van der Waals surface area contributed by atoms with Crippen molar-refractivity contribution in [2.75, 3.05) is 19.6 Å². The molecule has 2 saturated heterocycles. The van der Waals surface area contributed by atoms with Crippen LogP contribution in [0.3, 0.4) is 0 Å². The monoisotopic (exact) mass is 288 g/mol. The van der Waals surface area contributed by atoms with Crippen LogP contribution in [0.25, 0.3) is 0 Å².